The SMILES string of the molecule is CCNC1CCN(CC2(CC)CCCC2)C1. The summed E-state index contributed by atoms with van der Waals surface area (Å²) >= 11 is 0. The van der Waals surface area contributed by atoms with Crippen LogP contribution in [0.15, 0.2) is 0 Å². The molecule has 0 aromatic carbocycles. The van der Waals surface area contributed by atoms with Crippen LogP contribution in [0.1, 0.15) is 52.4 Å². The van der Waals surface area contributed by atoms with Gasteiger partial charge in [-0.1, -0.05) is 26.7 Å². The number of hydrogen-bond acceptors (Lipinski definition) is 2. The molecule has 1 heterocycles. The summed E-state index contributed by atoms with van der Waals surface area (Å²) in [7, 11) is 0. The monoisotopic (exact) mass is 224 g/mol. The summed E-state index contributed by atoms with van der Waals surface area (Å²) in [6, 6.07) is 0.764. The highest BCUT2D eigenvalue weighted by Crippen LogP contribution is 2.41. The van der Waals surface area contributed by atoms with Crippen LogP contribution in [0.2, 0.25) is 0 Å². The van der Waals surface area contributed by atoms with E-state index in [1.54, 1.807) is 0 Å². The van der Waals surface area contributed by atoms with Gasteiger partial charge < -0.3 is 10.2 Å². The summed E-state index contributed by atoms with van der Waals surface area (Å²) in [4.78, 5) is 2.71. The molecule has 16 heavy (non-hydrogen) atoms. The van der Waals surface area contributed by atoms with Crippen LogP contribution in [-0.2, 0) is 0 Å². The fraction of sp³-hybridized carbons (Fsp3) is 1.00. The second-order valence-electron chi connectivity index (χ2n) is 5.84. The number of rotatable bonds is 5. The van der Waals surface area contributed by atoms with E-state index < -0.39 is 0 Å². The van der Waals surface area contributed by atoms with E-state index >= 15 is 0 Å². The molecule has 2 fully saturated rings. The lowest BCUT2D eigenvalue weighted by Gasteiger charge is -2.32. The van der Waals surface area contributed by atoms with Crippen molar-refractivity contribution in [3.05, 3.63) is 0 Å². The Balaban J connectivity index is 1.81. The van der Waals surface area contributed by atoms with Gasteiger partial charge in [-0.2, -0.15) is 0 Å². The standard InChI is InChI=1S/C14H28N2/c1-3-14(8-5-6-9-14)12-16-10-7-13(11-16)15-4-2/h13,15H,3-12H2,1-2H3. The van der Waals surface area contributed by atoms with Crippen molar-refractivity contribution < 1.29 is 0 Å². The highest BCUT2D eigenvalue weighted by Gasteiger charge is 2.35. The Kier molecular flexibility index (Phi) is 4.26. The van der Waals surface area contributed by atoms with Crippen molar-refractivity contribution in [2.75, 3.05) is 26.2 Å². The molecule has 0 bridgehead atoms. The van der Waals surface area contributed by atoms with Gasteiger partial charge in [0.25, 0.3) is 0 Å². The first kappa shape index (κ1) is 12.4. The average Bonchev–Trinajstić information content (AvgIpc) is 2.90. The molecule has 0 radical (unpaired) electrons. The van der Waals surface area contributed by atoms with Crippen LogP contribution in [0.25, 0.3) is 0 Å². The Morgan fingerprint density at radius 2 is 2.00 bits per heavy atom. The molecule has 1 N–H and O–H groups in total. The molecule has 2 nitrogen and oxygen atoms in total. The first-order valence-corrected chi connectivity index (χ1v) is 7.24. The average molecular weight is 224 g/mol. The molecule has 0 amide bonds. The molecular formula is C14H28N2. The van der Waals surface area contributed by atoms with Crippen LogP contribution in [0.3, 0.4) is 0 Å². The predicted molar refractivity (Wildman–Crippen MR) is 69.7 cm³/mol. The van der Waals surface area contributed by atoms with Crippen molar-refractivity contribution in [2.24, 2.45) is 5.41 Å². The molecule has 0 spiro atoms. The van der Waals surface area contributed by atoms with Crippen molar-refractivity contribution in [1.82, 2.24) is 10.2 Å². The molecule has 2 heteroatoms. The molecule has 0 aromatic heterocycles. The first-order valence-electron chi connectivity index (χ1n) is 7.24. The van der Waals surface area contributed by atoms with Crippen LogP contribution in [0.4, 0.5) is 0 Å². The number of hydrogen-bond donors (Lipinski definition) is 1. The molecule has 1 aliphatic carbocycles. The Hall–Kier alpha value is -0.0800. The summed E-state index contributed by atoms with van der Waals surface area (Å²) in [5, 5.41) is 3.59. The van der Waals surface area contributed by atoms with E-state index in [2.05, 4.69) is 24.1 Å². The van der Waals surface area contributed by atoms with Gasteiger partial charge in [-0.3, -0.25) is 0 Å². The van der Waals surface area contributed by atoms with Crippen molar-refractivity contribution in [3.63, 3.8) is 0 Å². The normalized spacial score (nSPS) is 30.0. The molecular weight excluding hydrogens is 196 g/mol. The molecule has 94 valence electrons. The van der Waals surface area contributed by atoms with Crippen LogP contribution in [0.5, 0.6) is 0 Å². The van der Waals surface area contributed by atoms with Crippen molar-refractivity contribution in [3.8, 4) is 0 Å². The van der Waals surface area contributed by atoms with Crippen LogP contribution >= 0.6 is 0 Å². The van der Waals surface area contributed by atoms with E-state index in [0.29, 0.717) is 5.41 Å². The van der Waals surface area contributed by atoms with E-state index in [-0.39, 0.29) is 0 Å². The fourth-order valence-electron chi connectivity index (χ4n) is 3.65. The predicted octanol–water partition coefficient (Wildman–Crippen LogP) is 2.64. The van der Waals surface area contributed by atoms with Crippen LogP contribution in [-0.4, -0.2) is 37.1 Å². The van der Waals surface area contributed by atoms with Crippen molar-refractivity contribution in [1.29, 1.82) is 0 Å². The lowest BCUT2D eigenvalue weighted by atomic mass is 9.83. The fourth-order valence-corrected chi connectivity index (χ4v) is 3.65. The second kappa shape index (κ2) is 5.50. The highest BCUT2D eigenvalue weighted by molar-refractivity contribution is 4.90. The summed E-state index contributed by atoms with van der Waals surface area (Å²) in [5.41, 5.74) is 0.682. The van der Waals surface area contributed by atoms with Gasteiger partial charge in [-0.15, -0.1) is 0 Å². The summed E-state index contributed by atoms with van der Waals surface area (Å²) in [6.07, 6.45) is 8.64. The third-order valence-electron chi connectivity index (χ3n) is 4.74. The number of likely N-dealkylation sites (N-methyl/N-ethyl adjacent to an activating group) is 1. The van der Waals surface area contributed by atoms with Gasteiger partial charge in [0, 0.05) is 19.1 Å². The molecule has 1 atom stereocenters. The Bertz CT molecular complexity index is 209. The Morgan fingerprint density at radius 1 is 1.25 bits per heavy atom. The molecule has 0 aromatic rings. The summed E-state index contributed by atoms with van der Waals surface area (Å²) < 4.78 is 0. The maximum Gasteiger partial charge on any atom is 0.0207 e. The van der Waals surface area contributed by atoms with Crippen LogP contribution < -0.4 is 5.32 Å². The minimum Gasteiger partial charge on any atom is -0.313 e. The number of nitrogens with one attached hydrogen (secondary N) is 1. The van der Waals surface area contributed by atoms with Crippen molar-refractivity contribution >= 4 is 0 Å². The topological polar surface area (TPSA) is 15.3 Å². The van der Waals surface area contributed by atoms with E-state index in [1.807, 2.05) is 0 Å². The van der Waals surface area contributed by atoms with Gasteiger partial charge in [0.1, 0.15) is 0 Å². The van der Waals surface area contributed by atoms with E-state index in [9.17, 15) is 0 Å². The minimum atomic E-state index is 0.682. The lowest BCUT2D eigenvalue weighted by Crippen LogP contribution is -2.37. The summed E-state index contributed by atoms with van der Waals surface area (Å²) in [6.45, 7) is 9.70. The quantitative estimate of drug-likeness (QED) is 0.772. The number of likely N-dealkylation sites (tertiary alicyclic amines) is 1. The Morgan fingerprint density at radius 3 is 2.62 bits per heavy atom. The zero-order valence-electron chi connectivity index (χ0n) is 11.1. The zero-order chi connectivity index (χ0) is 11.4. The van der Waals surface area contributed by atoms with Crippen molar-refractivity contribution in [2.45, 2.75) is 58.4 Å². The van der Waals surface area contributed by atoms with E-state index in [1.165, 1.54) is 58.2 Å². The number of nitrogens with zero attached hydrogens (tertiary/aromatic N) is 1. The smallest absolute Gasteiger partial charge is 0.0207 e. The van der Waals surface area contributed by atoms with Crippen LogP contribution in [0, 0.1) is 5.41 Å². The second-order valence-corrected chi connectivity index (χ2v) is 5.84. The molecule has 2 aliphatic rings. The molecule has 1 unspecified atom stereocenters. The largest absolute Gasteiger partial charge is 0.313 e. The molecule has 1 saturated carbocycles. The minimum absolute atomic E-state index is 0.682. The molecule has 2 rings (SSSR count). The third kappa shape index (κ3) is 2.78. The zero-order valence-corrected chi connectivity index (χ0v) is 11.1. The maximum atomic E-state index is 3.59. The van der Waals surface area contributed by atoms with Gasteiger partial charge in [0.2, 0.25) is 0 Å². The lowest BCUT2D eigenvalue weighted by molar-refractivity contribution is 0.168. The van der Waals surface area contributed by atoms with Gasteiger partial charge >= 0.3 is 0 Å². The highest BCUT2D eigenvalue weighted by atomic mass is 15.2. The maximum absolute atomic E-state index is 3.59. The molecule has 1 aliphatic heterocycles. The van der Waals surface area contributed by atoms with Gasteiger partial charge in [0.05, 0.1) is 0 Å². The third-order valence-corrected chi connectivity index (χ3v) is 4.74. The Labute approximate surface area is 101 Å². The van der Waals surface area contributed by atoms with E-state index in [0.717, 1.165) is 12.6 Å². The van der Waals surface area contributed by atoms with Gasteiger partial charge in [0.15, 0.2) is 0 Å². The molecule has 1 saturated heterocycles. The van der Waals surface area contributed by atoms with Gasteiger partial charge in [-0.25, -0.2) is 0 Å². The summed E-state index contributed by atoms with van der Waals surface area (Å²) in [5.74, 6) is 0. The van der Waals surface area contributed by atoms with E-state index in [4.69, 9.17) is 0 Å². The first-order chi connectivity index (χ1) is 7.78. The van der Waals surface area contributed by atoms with Gasteiger partial charge in [-0.05, 0) is 44.2 Å².